The van der Waals surface area contributed by atoms with E-state index in [1.54, 1.807) is 18.2 Å². The number of benzene rings is 3. The van der Waals surface area contributed by atoms with Gasteiger partial charge in [-0.2, -0.15) is 0 Å². The number of rotatable bonds is 6. The Bertz CT molecular complexity index is 1060. The maximum atomic E-state index is 12.4. The van der Waals surface area contributed by atoms with Crippen LogP contribution in [0.2, 0.25) is 0 Å². The smallest absolute Gasteiger partial charge is 0.411 e. The van der Waals surface area contributed by atoms with Gasteiger partial charge in [0.2, 0.25) is 0 Å². The summed E-state index contributed by atoms with van der Waals surface area (Å²) in [7, 11) is 1.48. The van der Waals surface area contributed by atoms with Gasteiger partial charge in [-0.25, -0.2) is 4.79 Å². The van der Waals surface area contributed by atoms with Crippen molar-refractivity contribution < 1.29 is 24.2 Å². The van der Waals surface area contributed by atoms with E-state index >= 15 is 0 Å². The number of carboxylic acids is 1. The first-order chi connectivity index (χ1) is 14.5. The summed E-state index contributed by atoms with van der Waals surface area (Å²) in [5.41, 5.74) is 5.54. The van der Waals surface area contributed by atoms with Gasteiger partial charge in [0.25, 0.3) is 0 Å². The maximum absolute atomic E-state index is 12.4. The molecule has 30 heavy (non-hydrogen) atoms. The number of nitrogens with one attached hydrogen (secondary N) is 1. The highest BCUT2D eigenvalue weighted by molar-refractivity contribution is 5.86. The molecule has 0 saturated carbocycles. The van der Waals surface area contributed by atoms with Crippen molar-refractivity contribution in [3.05, 3.63) is 83.4 Å². The van der Waals surface area contributed by atoms with Crippen molar-refractivity contribution in [1.29, 1.82) is 0 Å². The summed E-state index contributed by atoms with van der Waals surface area (Å²) in [6, 6.07) is 21.1. The number of ether oxygens (including phenoxy) is 2. The molecule has 0 fully saturated rings. The summed E-state index contributed by atoms with van der Waals surface area (Å²) >= 11 is 0. The zero-order valence-corrected chi connectivity index (χ0v) is 16.4. The van der Waals surface area contributed by atoms with Crippen LogP contribution >= 0.6 is 0 Å². The highest BCUT2D eigenvalue weighted by Gasteiger charge is 2.29. The quantitative estimate of drug-likeness (QED) is 0.624. The van der Waals surface area contributed by atoms with Crippen LogP contribution in [0.1, 0.15) is 22.6 Å². The lowest BCUT2D eigenvalue weighted by Gasteiger charge is -2.15. The zero-order chi connectivity index (χ0) is 21.1. The molecular weight excluding hydrogens is 382 g/mol. The highest BCUT2D eigenvalue weighted by atomic mass is 16.5. The van der Waals surface area contributed by atoms with Gasteiger partial charge in [-0.15, -0.1) is 0 Å². The second-order valence-corrected chi connectivity index (χ2v) is 7.09. The van der Waals surface area contributed by atoms with Gasteiger partial charge < -0.3 is 14.6 Å². The van der Waals surface area contributed by atoms with E-state index in [0.29, 0.717) is 17.0 Å². The Kier molecular flexibility index (Phi) is 5.39. The Labute approximate surface area is 174 Å². The van der Waals surface area contributed by atoms with E-state index in [4.69, 9.17) is 14.6 Å². The largest absolute Gasteiger partial charge is 0.497 e. The van der Waals surface area contributed by atoms with Crippen molar-refractivity contribution >= 4 is 17.7 Å². The van der Waals surface area contributed by atoms with Crippen LogP contribution in [0, 0.1) is 0 Å². The number of anilines is 1. The number of fused-ring (bicyclic) bond motifs is 3. The van der Waals surface area contributed by atoms with E-state index < -0.39 is 12.1 Å². The van der Waals surface area contributed by atoms with Crippen LogP contribution in [0.4, 0.5) is 10.5 Å². The molecule has 0 atom stereocenters. The number of carbonyl (C=O) groups is 2. The molecule has 6 nitrogen and oxygen atoms in total. The molecule has 0 spiro atoms. The Hall–Kier alpha value is -3.80. The molecule has 1 aliphatic rings. The number of hydrogen-bond donors (Lipinski definition) is 2. The number of methoxy groups -OCH3 is 1. The first kappa shape index (κ1) is 19.5. The van der Waals surface area contributed by atoms with Crippen LogP contribution in [0.5, 0.6) is 5.75 Å². The normalized spacial score (nSPS) is 12.0. The Morgan fingerprint density at radius 1 is 0.967 bits per heavy atom. The van der Waals surface area contributed by atoms with Crippen LogP contribution in [0.25, 0.3) is 11.1 Å². The average molecular weight is 403 g/mol. The fourth-order valence-corrected chi connectivity index (χ4v) is 3.88. The molecule has 152 valence electrons. The number of amides is 1. The molecule has 3 aromatic carbocycles. The molecule has 4 rings (SSSR count). The Morgan fingerprint density at radius 3 is 2.20 bits per heavy atom. The van der Waals surface area contributed by atoms with Crippen LogP contribution in [-0.2, 0) is 16.0 Å². The summed E-state index contributed by atoms with van der Waals surface area (Å²) in [6.45, 7) is 0.200. The summed E-state index contributed by atoms with van der Waals surface area (Å²) in [5, 5.41) is 11.7. The van der Waals surface area contributed by atoms with E-state index in [2.05, 4.69) is 29.6 Å². The van der Waals surface area contributed by atoms with Crippen LogP contribution < -0.4 is 10.1 Å². The Morgan fingerprint density at radius 2 is 1.60 bits per heavy atom. The van der Waals surface area contributed by atoms with Crippen molar-refractivity contribution in [2.24, 2.45) is 0 Å². The van der Waals surface area contributed by atoms with Gasteiger partial charge >= 0.3 is 12.1 Å². The molecule has 0 radical (unpaired) electrons. The van der Waals surface area contributed by atoms with E-state index in [9.17, 15) is 9.59 Å². The lowest BCUT2D eigenvalue weighted by atomic mass is 9.98. The van der Waals surface area contributed by atoms with Crippen molar-refractivity contribution in [1.82, 2.24) is 0 Å². The lowest BCUT2D eigenvalue weighted by Crippen LogP contribution is -2.18. The molecule has 2 N–H and O–H groups in total. The summed E-state index contributed by atoms with van der Waals surface area (Å²) in [6.07, 6.45) is -0.775. The number of hydrogen-bond acceptors (Lipinski definition) is 4. The molecule has 1 aliphatic carbocycles. The molecule has 0 aromatic heterocycles. The van der Waals surface area contributed by atoms with Gasteiger partial charge in [-0.3, -0.25) is 10.1 Å². The first-order valence-corrected chi connectivity index (χ1v) is 9.57. The van der Waals surface area contributed by atoms with Crippen molar-refractivity contribution in [3.63, 3.8) is 0 Å². The van der Waals surface area contributed by atoms with Crippen molar-refractivity contribution in [3.8, 4) is 16.9 Å². The van der Waals surface area contributed by atoms with Gasteiger partial charge in [0, 0.05) is 17.7 Å². The van der Waals surface area contributed by atoms with Gasteiger partial charge in [-0.05, 0) is 39.9 Å². The molecule has 0 aliphatic heterocycles. The molecule has 0 heterocycles. The standard InChI is InChI=1S/C24H21NO5/c1-29-17-11-15(12-23(26)27)10-16(13-17)25-24(28)30-14-22-20-8-4-2-6-18(20)19-7-3-5-9-21(19)22/h2-11,13,22H,12,14H2,1H3,(H,25,28)(H,26,27). The van der Waals surface area contributed by atoms with Crippen LogP contribution in [0.3, 0.4) is 0 Å². The Balaban J connectivity index is 1.48. The fourth-order valence-electron chi connectivity index (χ4n) is 3.88. The highest BCUT2D eigenvalue weighted by Crippen LogP contribution is 2.44. The van der Waals surface area contributed by atoms with Crippen LogP contribution in [0.15, 0.2) is 66.7 Å². The molecule has 0 saturated heterocycles. The predicted octanol–water partition coefficient (Wildman–Crippen LogP) is 4.68. The second-order valence-electron chi connectivity index (χ2n) is 7.09. The van der Waals surface area contributed by atoms with E-state index in [0.717, 1.165) is 22.3 Å². The minimum Gasteiger partial charge on any atom is -0.497 e. The zero-order valence-electron chi connectivity index (χ0n) is 16.4. The van der Waals surface area contributed by atoms with Gasteiger partial charge in [0.15, 0.2) is 0 Å². The minimum absolute atomic E-state index is 0.0315. The fraction of sp³-hybridized carbons (Fsp3) is 0.167. The van der Waals surface area contributed by atoms with Gasteiger partial charge in [0.05, 0.1) is 13.5 Å². The van der Waals surface area contributed by atoms with Gasteiger partial charge in [-0.1, -0.05) is 48.5 Å². The third-order valence-corrected chi connectivity index (χ3v) is 5.15. The lowest BCUT2D eigenvalue weighted by molar-refractivity contribution is -0.136. The first-order valence-electron chi connectivity index (χ1n) is 9.57. The summed E-state index contributed by atoms with van der Waals surface area (Å²) < 4.78 is 10.7. The van der Waals surface area contributed by atoms with E-state index in [1.165, 1.54) is 7.11 Å². The molecule has 0 unspecified atom stereocenters. The summed E-state index contributed by atoms with van der Waals surface area (Å²) in [4.78, 5) is 23.4. The number of carbonyl (C=O) groups excluding carboxylic acids is 1. The SMILES string of the molecule is COc1cc(CC(=O)O)cc(NC(=O)OCC2c3ccccc3-c3ccccc32)c1. The number of carboxylic acid groups (broad SMARTS) is 1. The maximum Gasteiger partial charge on any atom is 0.411 e. The van der Waals surface area contributed by atoms with Crippen LogP contribution in [-0.4, -0.2) is 30.9 Å². The summed E-state index contributed by atoms with van der Waals surface area (Å²) in [5.74, 6) is -0.533. The minimum atomic E-state index is -0.963. The van der Waals surface area contributed by atoms with Gasteiger partial charge in [0.1, 0.15) is 12.4 Å². The topological polar surface area (TPSA) is 84.9 Å². The van der Waals surface area contributed by atoms with E-state index in [-0.39, 0.29) is 18.9 Å². The van der Waals surface area contributed by atoms with E-state index in [1.807, 2.05) is 24.3 Å². The molecule has 3 aromatic rings. The third kappa shape index (κ3) is 3.98. The second kappa shape index (κ2) is 8.29. The molecule has 0 bridgehead atoms. The predicted molar refractivity (Wildman–Crippen MR) is 113 cm³/mol. The number of aliphatic carboxylic acids is 1. The molecule has 1 amide bonds. The van der Waals surface area contributed by atoms with Crippen molar-refractivity contribution in [2.45, 2.75) is 12.3 Å². The van der Waals surface area contributed by atoms with Crippen molar-refractivity contribution in [2.75, 3.05) is 19.0 Å². The average Bonchev–Trinajstić information content (AvgIpc) is 3.05. The molecular formula is C24H21NO5. The molecule has 6 heteroatoms. The monoisotopic (exact) mass is 403 g/mol. The third-order valence-electron chi connectivity index (χ3n) is 5.15.